The monoisotopic (exact) mass is 220 g/mol. The number of hydrogen-bond acceptors (Lipinski definition) is 2. The Morgan fingerprint density at radius 3 is 1.71 bits per heavy atom. The van der Waals surface area contributed by atoms with Crippen molar-refractivity contribution < 1.29 is 0 Å². The molecule has 2 rings (SSSR count). The molecule has 2 nitrogen and oxygen atoms in total. The second-order valence-corrected chi connectivity index (χ2v) is 3.49. The Hall–Kier alpha value is -2.53. The summed E-state index contributed by atoms with van der Waals surface area (Å²) in [5, 5.41) is 8.65. The van der Waals surface area contributed by atoms with Crippen molar-refractivity contribution in [3.8, 4) is 6.07 Å². The first-order valence-electron chi connectivity index (χ1n) is 5.37. The van der Waals surface area contributed by atoms with E-state index < -0.39 is 0 Å². The lowest BCUT2D eigenvalue weighted by molar-refractivity contribution is 1.28. The molecule has 0 atom stereocenters. The number of anilines is 2. The minimum absolute atomic E-state index is 1.03. The van der Waals surface area contributed by atoms with Crippen LogP contribution in [0.1, 0.15) is 0 Å². The van der Waals surface area contributed by atoms with Gasteiger partial charge in [-0.3, -0.25) is 0 Å². The summed E-state index contributed by atoms with van der Waals surface area (Å²) >= 11 is 0. The average Bonchev–Trinajstić information content (AvgIpc) is 2.42. The number of hydrogen-bond donors (Lipinski definition) is 0. The van der Waals surface area contributed by atoms with Gasteiger partial charge in [0.2, 0.25) is 0 Å². The minimum Gasteiger partial charge on any atom is -0.316 e. The summed E-state index contributed by atoms with van der Waals surface area (Å²) in [5.41, 5.74) is 2.07. The third-order valence-corrected chi connectivity index (χ3v) is 2.37. The molecule has 0 aliphatic heterocycles. The smallest absolute Gasteiger partial charge is 0.0927 e. The van der Waals surface area contributed by atoms with Crippen LogP contribution in [0, 0.1) is 11.3 Å². The van der Waals surface area contributed by atoms with Crippen molar-refractivity contribution in [2.45, 2.75) is 0 Å². The summed E-state index contributed by atoms with van der Waals surface area (Å²) in [7, 11) is 0. The molecule has 0 amide bonds. The molecule has 0 saturated heterocycles. The molecular weight excluding hydrogens is 208 g/mol. The Morgan fingerprint density at radius 2 is 1.29 bits per heavy atom. The molecular formula is C15H12N2. The summed E-state index contributed by atoms with van der Waals surface area (Å²) in [5.74, 6) is 0. The molecule has 2 aromatic rings. The fourth-order valence-corrected chi connectivity index (χ4v) is 1.61. The van der Waals surface area contributed by atoms with Gasteiger partial charge in [0.1, 0.15) is 0 Å². The van der Waals surface area contributed by atoms with Gasteiger partial charge >= 0.3 is 0 Å². The predicted molar refractivity (Wildman–Crippen MR) is 69.8 cm³/mol. The Bertz CT molecular complexity index is 484. The first kappa shape index (κ1) is 11.0. The highest BCUT2D eigenvalue weighted by Gasteiger charge is 2.04. The third-order valence-electron chi connectivity index (χ3n) is 2.37. The van der Waals surface area contributed by atoms with Gasteiger partial charge < -0.3 is 4.90 Å². The molecule has 0 saturated carbocycles. The predicted octanol–water partition coefficient (Wildman–Crippen LogP) is 3.86. The van der Waals surface area contributed by atoms with Gasteiger partial charge in [0.05, 0.1) is 6.07 Å². The van der Waals surface area contributed by atoms with Gasteiger partial charge in [0, 0.05) is 23.7 Å². The van der Waals surface area contributed by atoms with E-state index in [0.717, 1.165) is 11.4 Å². The highest BCUT2D eigenvalue weighted by atomic mass is 15.1. The van der Waals surface area contributed by atoms with Crippen LogP contribution in [-0.2, 0) is 0 Å². The third kappa shape index (κ3) is 2.73. The molecule has 2 heteroatoms. The van der Waals surface area contributed by atoms with Crippen LogP contribution in [-0.4, -0.2) is 0 Å². The first-order chi connectivity index (χ1) is 8.42. The largest absolute Gasteiger partial charge is 0.316 e. The Kier molecular flexibility index (Phi) is 3.57. The Balaban J connectivity index is 2.40. The zero-order valence-electron chi connectivity index (χ0n) is 9.32. The van der Waals surface area contributed by atoms with Crippen LogP contribution < -0.4 is 4.90 Å². The number of nitriles is 1. The van der Waals surface area contributed by atoms with E-state index in [2.05, 4.69) is 0 Å². The van der Waals surface area contributed by atoms with Gasteiger partial charge in [0.25, 0.3) is 0 Å². The second-order valence-electron chi connectivity index (χ2n) is 3.49. The molecule has 0 aliphatic rings. The Morgan fingerprint density at radius 1 is 0.824 bits per heavy atom. The topological polar surface area (TPSA) is 27.0 Å². The van der Waals surface area contributed by atoms with E-state index in [1.54, 1.807) is 6.20 Å². The van der Waals surface area contributed by atoms with E-state index in [4.69, 9.17) is 5.26 Å². The number of nitrogens with zero attached hydrogens (tertiary/aromatic N) is 2. The van der Waals surface area contributed by atoms with Crippen LogP contribution in [0.4, 0.5) is 11.4 Å². The maximum absolute atomic E-state index is 8.65. The van der Waals surface area contributed by atoms with E-state index in [0.29, 0.717) is 0 Å². The molecule has 2 aromatic carbocycles. The van der Waals surface area contributed by atoms with Crippen molar-refractivity contribution in [2.24, 2.45) is 0 Å². The van der Waals surface area contributed by atoms with Crippen LogP contribution in [0.15, 0.2) is 72.9 Å². The zero-order valence-corrected chi connectivity index (χ0v) is 9.32. The lowest BCUT2D eigenvalue weighted by atomic mass is 10.2. The van der Waals surface area contributed by atoms with Gasteiger partial charge in [-0.05, 0) is 24.3 Å². The maximum atomic E-state index is 8.65. The van der Waals surface area contributed by atoms with Crippen molar-refractivity contribution in [3.63, 3.8) is 0 Å². The molecule has 0 aliphatic carbocycles. The molecule has 0 bridgehead atoms. The summed E-state index contributed by atoms with van der Waals surface area (Å²) in [4.78, 5) is 1.98. The number of rotatable bonds is 3. The van der Waals surface area contributed by atoms with Gasteiger partial charge in [-0.25, -0.2) is 0 Å². The second kappa shape index (κ2) is 5.53. The quantitative estimate of drug-likeness (QED) is 0.734. The van der Waals surface area contributed by atoms with Crippen LogP contribution in [0.3, 0.4) is 0 Å². The molecule has 0 aromatic heterocycles. The Labute approximate surface area is 101 Å². The standard InChI is InChI=1S/C15H12N2/c16-12-7-13-17(14-8-3-1-4-9-14)15-10-5-2-6-11-15/h1-11,13H/b13-7+. The lowest BCUT2D eigenvalue weighted by Gasteiger charge is -2.20. The fraction of sp³-hybridized carbons (Fsp3) is 0. The highest BCUT2D eigenvalue weighted by Crippen LogP contribution is 2.24. The van der Waals surface area contributed by atoms with Gasteiger partial charge in [-0.2, -0.15) is 5.26 Å². The summed E-state index contributed by atoms with van der Waals surface area (Å²) in [6.45, 7) is 0. The van der Waals surface area contributed by atoms with Crippen LogP contribution in [0.25, 0.3) is 0 Å². The minimum atomic E-state index is 1.03. The van der Waals surface area contributed by atoms with E-state index in [-0.39, 0.29) is 0 Å². The molecule has 0 radical (unpaired) electrons. The average molecular weight is 220 g/mol. The van der Waals surface area contributed by atoms with E-state index in [9.17, 15) is 0 Å². The maximum Gasteiger partial charge on any atom is 0.0927 e. The highest BCUT2D eigenvalue weighted by molar-refractivity contribution is 5.65. The molecule has 0 unspecified atom stereocenters. The van der Waals surface area contributed by atoms with E-state index in [1.165, 1.54) is 6.08 Å². The number of allylic oxidation sites excluding steroid dienone is 1. The molecule has 0 fully saturated rings. The van der Waals surface area contributed by atoms with Gasteiger partial charge in [-0.1, -0.05) is 36.4 Å². The number of para-hydroxylation sites is 2. The SMILES string of the molecule is N#C/C=C/N(c1ccccc1)c1ccccc1. The van der Waals surface area contributed by atoms with E-state index in [1.807, 2.05) is 71.6 Å². The summed E-state index contributed by atoms with van der Waals surface area (Å²) in [6, 6.07) is 21.9. The zero-order chi connectivity index (χ0) is 11.9. The van der Waals surface area contributed by atoms with Gasteiger partial charge in [0.15, 0.2) is 0 Å². The first-order valence-corrected chi connectivity index (χ1v) is 5.37. The van der Waals surface area contributed by atoms with Crippen molar-refractivity contribution >= 4 is 11.4 Å². The molecule has 0 spiro atoms. The number of benzene rings is 2. The molecule has 82 valence electrons. The van der Waals surface area contributed by atoms with Crippen LogP contribution >= 0.6 is 0 Å². The lowest BCUT2D eigenvalue weighted by Crippen LogP contribution is -2.07. The molecule has 0 N–H and O–H groups in total. The van der Waals surface area contributed by atoms with Crippen molar-refractivity contribution in [3.05, 3.63) is 72.9 Å². The van der Waals surface area contributed by atoms with Crippen molar-refractivity contribution in [1.29, 1.82) is 5.26 Å². The summed E-state index contributed by atoms with van der Waals surface area (Å²) in [6.07, 6.45) is 3.24. The normalized spacial score (nSPS) is 10.1. The van der Waals surface area contributed by atoms with Crippen molar-refractivity contribution in [2.75, 3.05) is 4.90 Å². The van der Waals surface area contributed by atoms with Crippen LogP contribution in [0.5, 0.6) is 0 Å². The summed E-state index contributed by atoms with van der Waals surface area (Å²) < 4.78 is 0. The van der Waals surface area contributed by atoms with Crippen molar-refractivity contribution in [1.82, 2.24) is 0 Å². The fourth-order valence-electron chi connectivity index (χ4n) is 1.61. The van der Waals surface area contributed by atoms with E-state index >= 15 is 0 Å². The van der Waals surface area contributed by atoms with Crippen LogP contribution in [0.2, 0.25) is 0 Å². The molecule has 0 heterocycles. The molecule has 17 heavy (non-hydrogen) atoms. The van der Waals surface area contributed by atoms with Gasteiger partial charge in [-0.15, -0.1) is 0 Å².